The number of likely N-dealkylation sites (tertiary alicyclic amines) is 1. The van der Waals surface area contributed by atoms with Crippen molar-refractivity contribution in [3.05, 3.63) is 70.0 Å². The zero-order valence-electron chi connectivity index (χ0n) is 13.8. The third-order valence-electron chi connectivity index (χ3n) is 4.24. The van der Waals surface area contributed by atoms with Gasteiger partial charge in [-0.15, -0.1) is 0 Å². The van der Waals surface area contributed by atoms with E-state index >= 15 is 0 Å². The Morgan fingerprint density at radius 3 is 2.76 bits per heavy atom. The summed E-state index contributed by atoms with van der Waals surface area (Å²) in [6.07, 6.45) is 5.31. The smallest absolute Gasteiger partial charge is 0.248 e. The van der Waals surface area contributed by atoms with E-state index in [1.54, 1.807) is 12.1 Å². The number of para-hydroxylation sites is 1. The van der Waals surface area contributed by atoms with Gasteiger partial charge in [-0.3, -0.25) is 9.69 Å². The molecule has 0 bridgehead atoms. The second-order valence-electron chi connectivity index (χ2n) is 6.13. The van der Waals surface area contributed by atoms with E-state index < -0.39 is 0 Å². The van der Waals surface area contributed by atoms with E-state index in [9.17, 15) is 9.18 Å². The van der Waals surface area contributed by atoms with Gasteiger partial charge >= 0.3 is 0 Å². The largest absolute Gasteiger partial charge is 0.322 e. The summed E-state index contributed by atoms with van der Waals surface area (Å²) in [5.74, 6) is -0.630. The first kappa shape index (κ1) is 17.8. The Kier molecular flexibility index (Phi) is 6.00. The fourth-order valence-corrected chi connectivity index (χ4v) is 3.32. The average molecular weight is 403 g/mol. The number of anilines is 1. The second-order valence-corrected chi connectivity index (χ2v) is 7.04. The maximum atomic E-state index is 13.7. The van der Waals surface area contributed by atoms with Gasteiger partial charge in [-0.2, -0.15) is 0 Å². The topological polar surface area (TPSA) is 32.3 Å². The minimum Gasteiger partial charge on any atom is -0.322 e. The van der Waals surface area contributed by atoms with Crippen LogP contribution in [0.25, 0.3) is 6.08 Å². The van der Waals surface area contributed by atoms with E-state index in [-0.39, 0.29) is 11.7 Å². The molecule has 3 rings (SSSR count). The van der Waals surface area contributed by atoms with Gasteiger partial charge in [-0.1, -0.05) is 34.1 Å². The Morgan fingerprint density at radius 1 is 1.20 bits per heavy atom. The lowest BCUT2D eigenvalue weighted by Gasteiger charge is -2.17. The van der Waals surface area contributed by atoms with Gasteiger partial charge in [0, 0.05) is 28.3 Å². The van der Waals surface area contributed by atoms with E-state index in [2.05, 4.69) is 26.1 Å². The van der Waals surface area contributed by atoms with Gasteiger partial charge in [0.25, 0.3) is 0 Å². The summed E-state index contributed by atoms with van der Waals surface area (Å²) in [6.45, 7) is 3.04. The first-order valence-electron chi connectivity index (χ1n) is 8.36. The van der Waals surface area contributed by atoms with Gasteiger partial charge in [0.05, 0.1) is 0 Å². The van der Waals surface area contributed by atoms with Crippen molar-refractivity contribution in [1.29, 1.82) is 0 Å². The maximum absolute atomic E-state index is 13.7. The first-order valence-corrected chi connectivity index (χ1v) is 9.15. The molecule has 0 unspecified atom stereocenters. The highest BCUT2D eigenvalue weighted by molar-refractivity contribution is 9.10. The van der Waals surface area contributed by atoms with Crippen LogP contribution in [0.1, 0.15) is 24.0 Å². The summed E-state index contributed by atoms with van der Waals surface area (Å²) in [5, 5.41) is 2.90. The number of carbonyl (C=O) groups is 1. The Bertz CT molecular complexity index is 785. The molecule has 0 aromatic heterocycles. The SMILES string of the molecule is O=C(/C=C/c1cc(Br)ccc1F)Nc1ccccc1CN1CCCC1. The number of hydrogen-bond donors (Lipinski definition) is 1. The highest BCUT2D eigenvalue weighted by Gasteiger charge is 2.14. The highest BCUT2D eigenvalue weighted by atomic mass is 79.9. The van der Waals surface area contributed by atoms with Crippen LogP contribution >= 0.6 is 15.9 Å². The van der Waals surface area contributed by atoms with Crippen molar-refractivity contribution < 1.29 is 9.18 Å². The number of benzene rings is 2. The van der Waals surface area contributed by atoms with Crippen molar-refractivity contribution in [2.24, 2.45) is 0 Å². The summed E-state index contributed by atoms with van der Waals surface area (Å²) in [4.78, 5) is 14.6. The molecule has 2 aromatic rings. The number of carbonyl (C=O) groups excluding carboxylic acids is 1. The Labute approximate surface area is 155 Å². The molecule has 1 saturated heterocycles. The normalized spacial score (nSPS) is 15.0. The number of rotatable bonds is 5. The van der Waals surface area contributed by atoms with Crippen LogP contribution < -0.4 is 5.32 Å². The molecule has 1 aliphatic heterocycles. The Balaban J connectivity index is 1.68. The molecule has 1 N–H and O–H groups in total. The van der Waals surface area contributed by atoms with E-state index in [1.165, 1.54) is 31.1 Å². The molecule has 3 nitrogen and oxygen atoms in total. The summed E-state index contributed by atoms with van der Waals surface area (Å²) in [5.41, 5.74) is 2.27. The average Bonchev–Trinajstić information content (AvgIpc) is 3.10. The van der Waals surface area contributed by atoms with Crippen molar-refractivity contribution >= 4 is 33.6 Å². The van der Waals surface area contributed by atoms with E-state index in [0.29, 0.717) is 5.56 Å². The zero-order valence-corrected chi connectivity index (χ0v) is 15.4. The van der Waals surface area contributed by atoms with Crippen molar-refractivity contribution in [3.63, 3.8) is 0 Å². The van der Waals surface area contributed by atoms with Crippen molar-refractivity contribution in [1.82, 2.24) is 4.90 Å². The molecule has 25 heavy (non-hydrogen) atoms. The van der Waals surface area contributed by atoms with Gasteiger partial charge in [0.1, 0.15) is 5.82 Å². The van der Waals surface area contributed by atoms with Gasteiger partial charge in [-0.25, -0.2) is 4.39 Å². The minimum absolute atomic E-state index is 0.270. The van der Waals surface area contributed by atoms with Crippen LogP contribution in [0.5, 0.6) is 0 Å². The number of hydrogen-bond acceptors (Lipinski definition) is 2. The lowest BCUT2D eigenvalue weighted by molar-refractivity contribution is -0.111. The van der Waals surface area contributed by atoms with Crippen LogP contribution in [0.2, 0.25) is 0 Å². The molecule has 5 heteroatoms. The molecule has 0 atom stereocenters. The van der Waals surface area contributed by atoms with Gasteiger partial charge in [0.2, 0.25) is 5.91 Å². The van der Waals surface area contributed by atoms with E-state index in [0.717, 1.165) is 35.4 Å². The minimum atomic E-state index is -0.360. The van der Waals surface area contributed by atoms with Crippen LogP contribution in [0, 0.1) is 5.82 Å². The van der Waals surface area contributed by atoms with Crippen molar-refractivity contribution in [3.8, 4) is 0 Å². The molecule has 0 radical (unpaired) electrons. The van der Waals surface area contributed by atoms with E-state index in [4.69, 9.17) is 0 Å². The van der Waals surface area contributed by atoms with Gasteiger partial charge in [0.15, 0.2) is 0 Å². The lowest BCUT2D eigenvalue weighted by Crippen LogP contribution is -2.20. The summed E-state index contributed by atoms with van der Waals surface area (Å²) in [6, 6.07) is 12.5. The van der Waals surface area contributed by atoms with Crippen LogP contribution in [0.15, 0.2) is 53.0 Å². The summed E-state index contributed by atoms with van der Waals surface area (Å²) in [7, 11) is 0. The Morgan fingerprint density at radius 2 is 1.96 bits per heavy atom. The molecular weight excluding hydrogens is 383 g/mol. The molecule has 0 saturated carbocycles. The van der Waals surface area contributed by atoms with Crippen LogP contribution in [-0.4, -0.2) is 23.9 Å². The monoisotopic (exact) mass is 402 g/mol. The third-order valence-corrected chi connectivity index (χ3v) is 4.73. The molecule has 1 heterocycles. The fourth-order valence-electron chi connectivity index (χ4n) is 2.94. The first-order chi connectivity index (χ1) is 12.1. The number of halogens is 2. The van der Waals surface area contributed by atoms with E-state index in [1.807, 2.05) is 24.3 Å². The lowest BCUT2D eigenvalue weighted by atomic mass is 10.1. The summed E-state index contributed by atoms with van der Waals surface area (Å²) < 4.78 is 14.5. The molecule has 130 valence electrons. The second kappa shape index (κ2) is 8.41. The van der Waals surface area contributed by atoms with Crippen LogP contribution in [0.3, 0.4) is 0 Å². The molecule has 1 amide bonds. The molecule has 1 aliphatic rings. The number of nitrogens with one attached hydrogen (secondary N) is 1. The number of amides is 1. The molecule has 0 spiro atoms. The Hall–Kier alpha value is -1.98. The fraction of sp³-hybridized carbons (Fsp3) is 0.250. The van der Waals surface area contributed by atoms with Crippen molar-refractivity contribution in [2.75, 3.05) is 18.4 Å². The van der Waals surface area contributed by atoms with Crippen molar-refractivity contribution in [2.45, 2.75) is 19.4 Å². The molecule has 0 aliphatic carbocycles. The third kappa shape index (κ3) is 5.00. The standard InChI is InChI=1S/C20H20BrFN2O/c21-17-8-9-18(22)15(13-17)7-10-20(25)23-19-6-2-1-5-16(19)14-24-11-3-4-12-24/h1-2,5-10,13H,3-4,11-12,14H2,(H,23,25)/b10-7+. The summed E-state index contributed by atoms with van der Waals surface area (Å²) >= 11 is 3.30. The van der Waals surface area contributed by atoms with Gasteiger partial charge in [-0.05, 0) is 61.8 Å². The maximum Gasteiger partial charge on any atom is 0.248 e. The predicted molar refractivity (Wildman–Crippen MR) is 103 cm³/mol. The number of nitrogens with zero attached hydrogens (tertiary/aromatic N) is 1. The molecule has 1 fully saturated rings. The quantitative estimate of drug-likeness (QED) is 0.725. The molecule has 2 aromatic carbocycles. The highest BCUT2D eigenvalue weighted by Crippen LogP contribution is 2.20. The zero-order chi connectivity index (χ0) is 17.6. The predicted octanol–water partition coefficient (Wildman–Crippen LogP) is 4.84. The van der Waals surface area contributed by atoms with Crippen LogP contribution in [0.4, 0.5) is 10.1 Å². The van der Waals surface area contributed by atoms with Gasteiger partial charge < -0.3 is 5.32 Å². The van der Waals surface area contributed by atoms with Crippen LogP contribution in [-0.2, 0) is 11.3 Å². The molecular formula is C20H20BrFN2O.